The van der Waals surface area contributed by atoms with Crippen LogP contribution >= 0.6 is 0 Å². The van der Waals surface area contributed by atoms with Crippen molar-refractivity contribution in [1.29, 1.82) is 0 Å². The van der Waals surface area contributed by atoms with Crippen LogP contribution in [0.15, 0.2) is 23.1 Å². The van der Waals surface area contributed by atoms with Gasteiger partial charge in [0.05, 0.1) is 10.6 Å². The second-order valence-electron chi connectivity index (χ2n) is 3.22. The Kier molecular flexibility index (Phi) is 3.29. The van der Waals surface area contributed by atoms with E-state index in [1.807, 2.05) is 13.0 Å². The van der Waals surface area contributed by atoms with Crippen LogP contribution in [-0.2, 0) is 16.4 Å². The maximum Gasteiger partial charge on any atom is 0.178 e. The van der Waals surface area contributed by atoms with Crippen molar-refractivity contribution in [3.05, 3.63) is 29.3 Å². The second kappa shape index (κ2) is 4.11. The molecule has 0 aliphatic rings. The minimum atomic E-state index is -3.14. The van der Waals surface area contributed by atoms with Gasteiger partial charge in [0.25, 0.3) is 0 Å². The molecule has 0 aromatic heterocycles. The topological polar surface area (TPSA) is 60.2 Å². The Labute approximate surface area is 84.9 Å². The van der Waals surface area contributed by atoms with E-state index in [9.17, 15) is 8.42 Å². The Morgan fingerprint density at radius 1 is 1.36 bits per heavy atom. The maximum atomic E-state index is 11.7. The standard InChI is InChI=1S/C10H15NO2S/c1-3-14(12,13)10-6-8(2)4-5-9(10)7-11/h4-6H,3,7,11H2,1-2H3. The Bertz CT molecular complexity index is 424. The Hall–Kier alpha value is -0.870. The van der Waals surface area contributed by atoms with Crippen LogP contribution in [0.25, 0.3) is 0 Å². The molecule has 3 nitrogen and oxygen atoms in total. The third-order valence-electron chi connectivity index (χ3n) is 2.16. The van der Waals surface area contributed by atoms with Crippen molar-refractivity contribution < 1.29 is 8.42 Å². The molecule has 0 heterocycles. The minimum Gasteiger partial charge on any atom is -0.326 e. The fourth-order valence-corrected chi connectivity index (χ4v) is 2.50. The van der Waals surface area contributed by atoms with Gasteiger partial charge in [-0.15, -0.1) is 0 Å². The smallest absolute Gasteiger partial charge is 0.178 e. The largest absolute Gasteiger partial charge is 0.326 e. The van der Waals surface area contributed by atoms with E-state index in [1.54, 1.807) is 19.1 Å². The molecule has 0 saturated heterocycles. The molecule has 0 spiro atoms. The van der Waals surface area contributed by atoms with Crippen molar-refractivity contribution in [3.63, 3.8) is 0 Å². The Balaban J connectivity index is 3.39. The number of hydrogen-bond donors (Lipinski definition) is 1. The summed E-state index contributed by atoms with van der Waals surface area (Å²) in [6, 6.07) is 5.33. The summed E-state index contributed by atoms with van der Waals surface area (Å²) >= 11 is 0. The summed E-state index contributed by atoms with van der Waals surface area (Å²) in [6.07, 6.45) is 0. The van der Waals surface area contributed by atoms with E-state index in [0.717, 1.165) is 5.56 Å². The highest BCUT2D eigenvalue weighted by molar-refractivity contribution is 7.91. The van der Waals surface area contributed by atoms with Gasteiger partial charge in [-0.1, -0.05) is 19.1 Å². The van der Waals surface area contributed by atoms with Gasteiger partial charge in [-0.05, 0) is 24.1 Å². The lowest BCUT2D eigenvalue weighted by Gasteiger charge is -2.08. The molecule has 0 bridgehead atoms. The molecule has 0 aliphatic carbocycles. The van der Waals surface area contributed by atoms with Gasteiger partial charge in [0.1, 0.15) is 0 Å². The predicted octanol–water partition coefficient (Wildman–Crippen LogP) is 1.25. The molecule has 1 aromatic rings. The number of benzene rings is 1. The molecule has 0 unspecified atom stereocenters. The van der Waals surface area contributed by atoms with Crippen molar-refractivity contribution in [1.82, 2.24) is 0 Å². The third kappa shape index (κ3) is 2.13. The second-order valence-corrected chi connectivity index (χ2v) is 5.47. The summed E-state index contributed by atoms with van der Waals surface area (Å²) in [4.78, 5) is 0.377. The van der Waals surface area contributed by atoms with Crippen LogP contribution in [0.1, 0.15) is 18.1 Å². The third-order valence-corrected chi connectivity index (χ3v) is 3.97. The first-order chi connectivity index (χ1) is 6.51. The molecule has 78 valence electrons. The zero-order valence-electron chi connectivity index (χ0n) is 8.45. The lowest BCUT2D eigenvalue weighted by Crippen LogP contribution is -2.10. The highest BCUT2D eigenvalue weighted by Gasteiger charge is 2.15. The molecule has 0 fully saturated rings. The monoisotopic (exact) mass is 213 g/mol. The first kappa shape index (κ1) is 11.2. The summed E-state index contributed by atoms with van der Waals surface area (Å²) in [5.41, 5.74) is 7.12. The van der Waals surface area contributed by atoms with Gasteiger partial charge < -0.3 is 5.73 Å². The van der Waals surface area contributed by atoms with Gasteiger partial charge in [-0.2, -0.15) is 0 Å². The average molecular weight is 213 g/mol. The van der Waals surface area contributed by atoms with Crippen molar-refractivity contribution >= 4 is 9.84 Å². The zero-order chi connectivity index (χ0) is 10.8. The summed E-state index contributed by atoms with van der Waals surface area (Å²) in [5, 5.41) is 0. The number of sulfone groups is 1. The van der Waals surface area contributed by atoms with Gasteiger partial charge in [-0.25, -0.2) is 8.42 Å². The summed E-state index contributed by atoms with van der Waals surface area (Å²) in [6.45, 7) is 3.77. The fraction of sp³-hybridized carbons (Fsp3) is 0.400. The van der Waals surface area contributed by atoms with Crippen LogP contribution in [0.5, 0.6) is 0 Å². The van der Waals surface area contributed by atoms with Crippen LogP contribution in [0, 0.1) is 6.92 Å². The van der Waals surface area contributed by atoms with Crippen LogP contribution < -0.4 is 5.73 Å². The van der Waals surface area contributed by atoms with Gasteiger partial charge in [-0.3, -0.25) is 0 Å². The molecule has 4 heteroatoms. The lowest BCUT2D eigenvalue weighted by molar-refractivity contribution is 0.596. The molecule has 0 aliphatic heterocycles. The number of aryl methyl sites for hydroxylation is 1. The van der Waals surface area contributed by atoms with E-state index in [4.69, 9.17) is 5.73 Å². The van der Waals surface area contributed by atoms with Crippen molar-refractivity contribution in [3.8, 4) is 0 Å². The van der Waals surface area contributed by atoms with E-state index in [-0.39, 0.29) is 12.3 Å². The fourth-order valence-electron chi connectivity index (χ4n) is 1.28. The zero-order valence-corrected chi connectivity index (χ0v) is 9.26. The highest BCUT2D eigenvalue weighted by atomic mass is 32.2. The van der Waals surface area contributed by atoms with Crippen LogP contribution in [0.3, 0.4) is 0 Å². The molecule has 1 aromatic carbocycles. The Morgan fingerprint density at radius 2 is 2.00 bits per heavy atom. The molecular weight excluding hydrogens is 198 g/mol. The molecule has 1 rings (SSSR count). The van der Waals surface area contributed by atoms with E-state index in [1.165, 1.54) is 0 Å². The van der Waals surface area contributed by atoms with Crippen molar-refractivity contribution in [2.75, 3.05) is 5.75 Å². The summed E-state index contributed by atoms with van der Waals surface area (Å²) in [7, 11) is -3.14. The van der Waals surface area contributed by atoms with Crippen LogP contribution in [0.4, 0.5) is 0 Å². The Morgan fingerprint density at radius 3 is 2.50 bits per heavy atom. The first-order valence-corrected chi connectivity index (χ1v) is 6.19. The normalized spacial score (nSPS) is 11.6. The van der Waals surface area contributed by atoms with E-state index in [2.05, 4.69) is 0 Å². The quantitative estimate of drug-likeness (QED) is 0.822. The number of hydrogen-bond acceptors (Lipinski definition) is 3. The lowest BCUT2D eigenvalue weighted by atomic mass is 10.1. The van der Waals surface area contributed by atoms with Gasteiger partial charge in [0.2, 0.25) is 0 Å². The van der Waals surface area contributed by atoms with E-state index in [0.29, 0.717) is 10.5 Å². The predicted molar refractivity (Wildman–Crippen MR) is 56.8 cm³/mol. The SMILES string of the molecule is CCS(=O)(=O)c1cc(C)ccc1CN. The molecular formula is C10H15NO2S. The highest BCUT2D eigenvalue weighted by Crippen LogP contribution is 2.18. The molecule has 0 saturated carbocycles. The van der Waals surface area contributed by atoms with Crippen molar-refractivity contribution in [2.24, 2.45) is 5.73 Å². The maximum absolute atomic E-state index is 11.7. The molecule has 0 amide bonds. The van der Waals surface area contributed by atoms with Crippen LogP contribution in [0.2, 0.25) is 0 Å². The number of nitrogens with two attached hydrogens (primary N) is 1. The molecule has 0 radical (unpaired) electrons. The minimum absolute atomic E-state index is 0.115. The van der Waals surface area contributed by atoms with Gasteiger partial charge >= 0.3 is 0 Å². The van der Waals surface area contributed by atoms with Gasteiger partial charge in [0.15, 0.2) is 9.84 Å². The first-order valence-electron chi connectivity index (χ1n) is 4.53. The molecule has 0 atom stereocenters. The number of rotatable bonds is 3. The van der Waals surface area contributed by atoms with Crippen molar-refractivity contribution in [2.45, 2.75) is 25.3 Å². The van der Waals surface area contributed by atoms with Gasteiger partial charge in [0, 0.05) is 6.54 Å². The summed E-state index contributed by atoms with van der Waals surface area (Å²) in [5.74, 6) is 0.115. The van der Waals surface area contributed by atoms with E-state index >= 15 is 0 Å². The molecule has 14 heavy (non-hydrogen) atoms. The van der Waals surface area contributed by atoms with Crippen LogP contribution in [-0.4, -0.2) is 14.2 Å². The van der Waals surface area contributed by atoms with E-state index < -0.39 is 9.84 Å². The molecule has 2 N–H and O–H groups in total. The average Bonchev–Trinajstić information content (AvgIpc) is 2.18. The summed E-state index contributed by atoms with van der Waals surface area (Å²) < 4.78 is 23.4.